The zero-order valence-electron chi connectivity index (χ0n) is 12.3. The van der Waals surface area contributed by atoms with Crippen molar-refractivity contribution in [1.29, 1.82) is 0 Å². The van der Waals surface area contributed by atoms with E-state index in [2.05, 4.69) is 10.3 Å². The largest absolute Gasteiger partial charge is 0.368 e. The van der Waals surface area contributed by atoms with Gasteiger partial charge < -0.3 is 15.8 Å². The zero-order chi connectivity index (χ0) is 14.3. The van der Waals surface area contributed by atoms with Crippen LogP contribution in [0.25, 0.3) is 0 Å². The van der Waals surface area contributed by atoms with Crippen molar-refractivity contribution in [3.05, 3.63) is 30.3 Å². The molecule has 0 aliphatic heterocycles. The molecule has 1 aromatic rings. The quantitative estimate of drug-likeness (QED) is 0.613. The van der Waals surface area contributed by atoms with Gasteiger partial charge in [0, 0.05) is 25.4 Å². The molecule has 0 radical (unpaired) electrons. The molecule has 0 aliphatic carbocycles. The third-order valence-electron chi connectivity index (χ3n) is 2.87. The van der Waals surface area contributed by atoms with Crippen LogP contribution in [0.15, 0.2) is 35.3 Å². The predicted octanol–water partition coefficient (Wildman–Crippen LogP) is 2.66. The van der Waals surface area contributed by atoms with E-state index in [0.717, 1.165) is 17.9 Å². The number of anilines is 1. The molecule has 0 amide bonds. The SMILES string of the molecule is C/N=C(\Nc1ccccc1)C(C)(C)OCCC(C)N. The Hall–Kier alpha value is -1.39. The predicted molar refractivity (Wildman–Crippen MR) is 81.7 cm³/mol. The van der Waals surface area contributed by atoms with Crippen LogP contribution in [0.1, 0.15) is 27.2 Å². The maximum Gasteiger partial charge on any atom is 0.133 e. The molecule has 1 unspecified atom stereocenters. The Balaban J connectivity index is 2.63. The Kier molecular flexibility index (Phi) is 5.99. The summed E-state index contributed by atoms with van der Waals surface area (Å²) in [6, 6.07) is 10.1. The molecule has 19 heavy (non-hydrogen) atoms. The van der Waals surface area contributed by atoms with Crippen LogP contribution in [0.3, 0.4) is 0 Å². The van der Waals surface area contributed by atoms with Gasteiger partial charge in [0.25, 0.3) is 0 Å². The lowest BCUT2D eigenvalue weighted by atomic mass is 10.1. The highest BCUT2D eigenvalue weighted by atomic mass is 16.5. The van der Waals surface area contributed by atoms with Crippen LogP contribution in [0.5, 0.6) is 0 Å². The summed E-state index contributed by atoms with van der Waals surface area (Å²) in [4.78, 5) is 4.30. The summed E-state index contributed by atoms with van der Waals surface area (Å²) >= 11 is 0. The highest BCUT2D eigenvalue weighted by Crippen LogP contribution is 2.16. The van der Waals surface area contributed by atoms with Crippen molar-refractivity contribution in [3.63, 3.8) is 0 Å². The van der Waals surface area contributed by atoms with Crippen molar-refractivity contribution in [1.82, 2.24) is 0 Å². The molecule has 1 aromatic carbocycles. The van der Waals surface area contributed by atoms with Gasteiger partial charge in [0.1, 0.15) is 11.4 Å². The second-order valence-corrected chi connectivity index (χ2v) is 5.19. The van der Waals surface area contributed by atoms with E-state index in [1.165, 1.54) is 0 Å². The maximum atomic E-state index is 5.89. The Labute approximate surface area is 116 Å². The van der Waals surface area contributed by atoms with Gasteiger partial charge in [-0.25, -0.2) is 0 Å². The number of nitrogens with two attached hydrogens (primary N) is 1. The summed E-state index contributed by atoms with van der Waals surface area (Å²) in [5.74, 6) is 0.809. The molecule has 0 heterocycles. The Bertz CT molecular complexity index is 399. The first kappa shape index (κ1) is 15.7. The monoisotopic (exact) mass is 263 g/mol. The van der Waals surface area contributed by atoms with Gasteiger partial charge >= 0.3 is 0 Å². The van der Waals surface area contributed by atoms with Crippen LogP contribution in [0, 0.1) is 0 Å². The first-order valence-corrected chi connectivity index (χ1v) is 6.64. The number of nitrogens with one attached hydrogen (secondary N) is 1. The number of ether oxygens (including phenoxy) is 1. The van der Waals surface area contributed by atoms with Crippen LogP contribution in [-0.4, -0.2) is 31.1 Å². The Morgan fingerprint density at radius 3 is 2.53 bits per heavy atom. The van der Waals surface area contributed by atoms with Crippen molar-refractivity contribution >= 4 is 11.5 Å². The Morgan fingerprint density at radius 1 is 1.37 bits per heavy atom. The van der Waals surface area contributed by atoms with E-state index in [4.69, 9.17) is 10.5 Å². The van der Waals surface area contributed by atoms with Gasteiger partial charge in [0.2, 0.25) is 0 Å². The molecule has 106 valence electrons. The van der Waals surface area contributed by atoms with E-state index in [0.29, 0.717) is 6.61 Å². The minimum Gasteiger partial charge on any atom is -0.368 e. The second-order valence-electron chi connectivity index (χ2n) is 5.19. The first-order chi connectivity index (χ1) is 8.95. The molecule has 0 aromatic heterocycles. The van der Waals surface area contributed by atoms with E-state index in [1.54, 1.807) is 7.05 Å². The number of hydrogen-bond donors (Lipinski definition) is 2. The topological polar surface area (TPSA) is 59.6 Å². The lowest BCUT2D eigenvalue weighted by Crippen LogP contribution is -2.40. The normalized spacial score (nSPS) is 14.3. The molecule has 0 saturated carbocycles. The van der Waals surface area contributed by atoms with Crippen molar-refractivity contribution in [2.24, 2.45) is 10.7 Å². The van der Waals surface area contributed by atoms with Crippen LogP contribution in [0.2, 0.25) is 0 Å². The van der Waals surface area contributed by atoms with E-state index >= 15 is 0 Å². The van der Waals surface area contributed by atoms with Gasteiger partial charge in [-0.1, -0.05) is 18.2 Å². The van der Waals surface area contributed by atoms with E-state index in [9.17, 15) is 0 Å². The lowest BCUT2D eigenvalue weighted by molar-refractivity contribution is 0.0312. The molecule has 4 nitrogen and oxygen atoms in total. The minimum absolute atomic E-state index is 0.153. The second kappa shape index (κ2) is 7.26. The smallest absolute Gasteiger partial charge is 0.133 e. The van der Waals surface area contributed by atoms with Gasteiger partial charge in [-0.15, -0.1) is 0 Å². The average molecular weight is 263 g/mol. The molecular formula is C15H25N3O. The summed E-state index contributed by atoms with van der Waals surface area (Å²) in [6.45, 7) is 6.62. The summed E-state index contributed by atoms with van der Waals surface area (Å²) in [5, 5.41) is 3.30. The summed E-state index contributed by atoms with van der Waals surface area (Å²) in [5.41, 5.74) is 6.28. The van der Waals surface area contributed by atoms with Crippen molar-refractivity contribution in [2.45, 2.75) is 38.8 Å². The molecule has 1 atom stereocenters. The van der Waals surface area contributed by atoms with E-state index in [1.807, 2.05) is 51.1 Å². The Morgan fingerprint density at radius 2 is 2.00 bits per heavy atom. The van der Waals surface area contributed by atoms with Crippen LogP contribution < -0.4 is 11.1 Å². The van der Waals surface area contributed by atoms with Crippen LogP contribution >= 0.6 is 0 Å². The number of aliphatic imine (C=N–C) groups is 1. The third-order valence-corrected chi connectivity index (χ3v) is 2.87. The number of rotatable bonds is 6. The standard InChI is InChI=1S/C15H25N3O/c1-12(16)10-11-19-15(2,3)14(17-4)18-13-8-6-5-7-9-13/h5-9,12H,10-11,16H2,1-4H3,(H,17,18). The van der Waals surface area contributed by atoms with Crippen molar-refractivity contribution < 1.29 is 4.74 Å². The third kappa shape index (κ3) is 5.41. The van der Waals surface area contributed by atoms with Gasteiger partial charge in [-0.3, -0.25) is 4.99 Å². The molecule has 0 fully saturated rings. The maximum absolute atomic E-state index is 5.89. The molecule has 0 aliphatic rings. The van der Waals surface area contributed by atoms with Crippen molar-refractivity contribution in [2.75, 3.05) is 19.0 Å². The number of para-hydroxylation sites is 1. The van der Waals surface area contributed by atoms with Gasteiger partial charge in [-0.05, 0) is 39.3 Å². The van der Waals surface area contributed by atoms with Crippen LogP contribution in [0.4, 0.5) is 5.69 Å². The molecule has 0 bridgehead atoms. The zero-order valence-corrected chi connectivity index (χ0v) is 12.3. The summed E-state index contributed by atoms with van der Waals surface area (Å²) < 4.78 is 5.89. The highest BCUT2D eigenvalue weighted by molar-refractivity contribution is 6.01. The number of benzene rings is 1. The van der Waals surface area contributed by atoms with Gasteiger partial charge in [0.15, 0.2) is 0 Å². The molecule has 3 N–H and O–H groups in total. The van der Waals surface area contributed by atoms with Gasteiger partial charge in [0.05, 0.1) is 0 Å². The first-order valence-electron chi connectivity index (χ1n) is 6.64. The fraction of sp³-hybridized carbons (Fsp3) is 0.533. The lowest BCUT2D eigenvalue weighted by Gasteiger charge is -2.28. The summed E-state index contributed by atoms with van der Waals surface area (Å²) in [7, 11) is 1.77. The minimum atomic E-state index is -0.459. The number of nitrogens with zero attached hydrogens (tertiary/aromatic N) is 1. The molecule has 0 spiro atoms. The van der Waals surface area contributed by atoms with Crippen LogP contribution in [-0.2, 0) is 4.74 Å². The fourth-order valence-corrected chi connectivity index (χ4v) is 1.70. The number of hydrogen-bond acceptors (Lipinski definition) is 3. The fourth-order valence-electron chi connectivity index (χ4n) is 1.70. The average Bonchev–Trinajstić information content (AvgIpc) is 2.36. The molecule has 1 rings (SSSR count). The number of amidine groups is 1. The van der Waals surface area contributed by atoms with Crippen molar-refractivity contribution in [3.8, 4) is 0 Å². The van der Waals surface area contributed by atoms with E-state index in [-0.39, 0.29) is 6.04 Å². The molecular weight excluding hydrogens is 238 g/mol. The van der Waals surface area contributed by atoms with Gasteiger partial charge in [-0.2, -0.15) is 0 Å². The molecule has 0 saturated heterocycles. The molecule has 4 heteroatoms. The highest BCUT2D eigenvalue weighted by Gasteiger charge is 2.25. The summed E-state index contributed by atoms with van der Waals surface area (Å²) in [6.07, 6.45) is 0.839. The van der Waals surface area contributed by atoms with E-state index < -0.39 is 5.60 Å².